The van der Waals surface area contributed by atoms with E-state index in [0.717, 1.165) is 6.07 Å². The maximum Gasteiger partial charge on any atom is 0.345 e. The van der Waals surface area contributed by atoms with Crippen LogP contribution in [0.25, 0.3) is 0 Å². The third-order valence-electron chi connectivity index (χ3n) is 3.14. The monoisotopic (exact) mass is 382 g/mol. The van der Waals surface area contributed by atoms with E-state index in [0.29, 0.717) is 10.6 Å². The Kier molecular flexibility index (Phi) is 6.32. The summed E-state index contributed by atoms with van der Waals surface area (Å²) in [5.41, 5.74) is -0.0699. The van der Waals surface area contributed by atoms with Crippen molar-refractivity contribution in [3.05, 3.63) is 73.8 Å². The van der Waals surface area contributed by atoms with Crippen LogP contribution in [-0.2, 0) is 16.1 Å². The highest BCUT2D eigenvalue weighted by atomic mass is 35.5. The summed E-state index contributed by atoms with van der Waals surface area (Å²) in [7, 11) is 0. The van der Waals surface area contributed by atoms with Gasteiger partial charge in [-0.1, -0.05) is 41.4 Å². The normalized spacial score (nSPS) is 10.2. The summed E-state index contributed by atoms with van der Waals surface area (Å²) in [6.07, 6.45) is 0. The number of carbonyl (C=O) groups excluding carboxylic acids is 2. The zero-order valence-corrected chi connectivity index (χ0v) is 14.2. The number of ether oxygens (including phenoxy) is 1. The molecule has 0 fully saturated rings. The van der Waals surface area contributed by atoms with Crippen LogP contribution >= 0.6 is 23.2 Å². The van der Waals surface area contributed by atoms with E-state index in [2.05, 4.69) is 5.32 Å². The molecule has 0 aliphatic heterocycles. The van der Waals surface area contributed by atoms with Gasteiger partial charge in [-0.3, -0.25) is 14.9 Å². The third-order valence-corrected chi connectivity index (χ3v) is 3.75. The third kappa shape index (κ3) is 5.17. The molecule has 0 spiro atoms. The van der Waals surface area contributed by atoms with Gasteiger partial charge in [0.2, 0.25) is 0 Å². The van der Waals surface area contributed by atoms with Crippen LogP contribution in [0, 0.1) is 10.1 Å². The van der Waals surface area contributed by atoms with E-state index in [9.17, 15) is 19.7 Å². The van der Waals surface area contributed by atoms with E-state index in [1.165, 1.54) is 12.1 Å². The lowest BCUT2D eigenvalue weighted by Crippen LogP contribution is -2.28. The summed E-state index contributed by atoms with van der Waals surface area (Å²) in [6.45, 7) is -0.416. The molecule has 2 aromatic carbocycles. The average Bonchev–Trinajstić information content (AvgIpc) is 2.58. The second-order valence-corrected chi connectivity index (χ2v) is 5.71. The molecule has 0 aromatic heterocycles. The van der Waals surface area contributed by atoms with Gasteiger partial charge in [0.1, 0.15) is 5.56 Å². The molecule has 7 nitrogen and oxygen atoms in total. The van der Waals surface area contributed by atoms with E-state index >= 15 is 0 Å². The predicted molar refractivity (Wildman–Crippen MR) is 91.7 cm³/mol. The van der Waals surface area contributed by atoms with Crippen LogP contribution < -0.4 is 5.32 Å². The van der Waals surface area contributed by atoms with Gasteiger partial charge in [-0.15, -0.1) is 0 Å². The first-order valence-corrected chi connectivity index (χ1v) is 7.75. The van der Waals surface area contributed by atoms with Crippen molar-refractivity contribution in [3.63, 3.8) is 0 Å². The van der Waals surface area contributed by atoms with Gasteiger partial charge in [0.25, 0.3) is 11.6 Å². The number of esters is 1. The predicted octanol–water partition coefficient (Wildman–Crippen LogP) is 3.37. The van der Waals surface area contributed by atoms with Gasteiger partial charge < -0.3 is 10.1 Å². The Hall–Kier alpha value is -2.64. The summed E-state index contributed by atoms with van der Waals surface area (Å²) in [5.74, 6) is -1.55. The molecule has 0 heterocycles. The molecule has 0 saturated heterocycles. The van der Waals surface area contributed by atoms with Crippen molar-refractivity contribution >= 4 is 40.8 Å². The van der Waals surface area contributed by atoms with Crippen molar-refractivity contribution in [2.45, 2.75) is 6.54 Å². The van der Waals surface area contributed by atoms with Gasteiger partial charge in [-0.2, -0.15) is 0 Å². The molecule has 2 aromatic rings. The minimum absolute atomic E-state index is 0.112. The Labute approximate surface area is 152 Å². The second-order valence-electron chi connectivity index (χ2n) is 4.86. The molecule has 0 radical (unpaired) electrons. The van der Waals surface area contributed by atoms with Crippen molar-refractivity contribution < 1.29 is 19.2 Å². The number of nitrogens with one attached hydrogen (secondary N) is 1. The minimum Gasteiger partial charge on any atom is -0.452 e. The number of benzene rings is 2. The Balaban J connectivity index is 1.93. The fourth-order valence-corrected chi connectivity index (χ4v) is 2.29. The van der Waals surface area contributed by atoms with Crippen molar-refractivity contribution in [2.24, 2.45) is 0 Å². The van der Waals surface area contributed by atoms with Crippen LogP contribution in [0.3, 0.4) is 0 Å². The van der Waals surface area contributed by atoms with Crippen LogP contribution in [0.1, 0.15) is 15.9 Å². The molecule has 25 heavy (non-hydrogen) atoms. The summed E-state index contributed by atoms with van der Waals surface area (Å²) in [5, 5.41) is 14.1. The lowest BCUT2D eigenvalue weighted by molar-refractivity contribution is -0.385. The number of rotatable bonds is 6. The zero-order valence-electron chi connectivity index (χ0n) is 12.7. The minimum atomic E-state index is -0.990. The molecule has 0 unspecified atom stereocenters. The van der Waals surface area contributed by atoms with Gasteiger partial charge in [-0.25, -0.2) is 4.79 Å². The van der Waals surface area contributed by atoms with Gasteiger partial charge in [0.05, 0.1) is 4.92 Å². The quantitative estimate of drug-likeness (QED) is 0.469. The molecule has 0 aliphatic rings. The zero-order chi connectivity index (χ0) is 18.4. The molecular formula is C16H12Cl2N2O5. The van der Waals surface area contributed by atoms with E-state index in [1.807, 2.05) is 0 Å². The first-order valence-electron chi connectivity index (χ1n) is 6.99. The number of carbonyl (C=O) groups is 2. The topological polar surface area (TPSA) is 98.5 Å². The number of nitro groups is 1. The maximum absolute atomic E-state index is 11.9. The molecule has 2 rings (SSSR count). The largest absolute Gasteiger partial charge is 0.452 e. The second kappa shape index (κ2) is 8.46. The van der Waals surface area contributed by atoms with Crippen LogP contribution in [0.4, 0.5) is 5.69 Å². The Morgan fingerprint density at radius 3 is 2.56 bits per heavy atom. The van der Waals surface area contributed by atoms with E-state index < -0.39 is 29.1 Å². The molecule has 0 bridgehead atoms. The fourth-order valence-electron chi connectivity index (χ4n) is 1.92. The van der Waals surface area contributed by atoms with E-state index in [1.54, 1.807) is 24.3 Å². The van der Waals surface area contributed by atoms with Gasteiger partial charge in [0, 0.05) is 22.7 Å². The Morgan fingerprint density at radius 1 is 1.16 bits per heavy atom. The molecule has 0 atom stereocenters. The average molecular weight is 383 g/mol. The lowest BCUT2D eigenvalue weighted by Gasteiger charge is -2.08. The van der Waals surface area contributed by atoms with Gasteiger partial charge in [-0.05, 0) is 23.8 Å². The van der Waals surface area contributed by atoms with Crippen LogP contribution in [0.15, 0.2) is 42.5 Å². The molecule has 0 saturated carbocycles. The van der Waals surface area contributed by atoms with Gasteiger partial charge >= 0.3 is 5.97 Å². The van der Waals surface area contributed by atoms with Crippen LogP contribution in [0.5, 0.6) is 0 Å². The number of nitro benzene ring substituents is 1. The van der Waals surface area contributed by atoms with E-state index in [4.69, 9.17) is 27.9 Å². The maximum atomic E-state index is 11.9. The Morgan fingerprint density at radius 2 is 1.88 bits per heavy atom. The standard InChI is InChI=1S/C16H12Cl2N2O5/c17-11-5-6-12(14(7-11)20(23)24)16(22)25-9-15(21)19-8-10-3-1-2-4-13(10)18/h1-7H,8-9H2,(H,19,21). The summed E-state index contributed by atoms with van der Waals surface area (Å²) < 4.78 is 4.81. The lowest BCUT2D eigenvalue weighted by atomic mass is 10.2. The van der Waals surface area contributed by atoms with Crippen molar-refractivity contribution in [3.8, 4) is 0 Å². The summed E-state index contributed by atoms with van der Waals surface area (Å²) in [4.78, 5) is 33.9. The highest BCUT2D eigenvalue weighted by molar-refractivity contribution is 6.31. The molecule has 1 N–H and O–H groups in total. The SMILES string of the molecule is O=C(COC(=O)c1ccc(Cl)cc1[N+](=O)[O-])NCc1ccccc1Cl. The number of halogens is 2. The van der Waals surface area contributed by atoms with Crippen molar-refractivity contribution in [2.75, 3.05) is 6.61 Å². The molecular weight excluding hydrogens is 371 g/mol. The summed E-state index contributed by atoms with van der Waals surface area (Å²) >= 11 is 11.6. The first-order chi connectivity index (χ1) is 11.9. The fraction of sp³-hybridized carbons (Fsp3) is 0.125. The first kappa shape index (κ1) is 18.7. The summed E-state index contributed by atoms with van der Waals surface area (Å²) in [6, 6.07) is 10.5. The number of amides is 1. The highest BCUT2D eigenvalue weighted by Crippen LogP contribution is 2.23. The number of hydrogen-bond acceptors (Lipinski definition) is 5. The Bertz CT molecular complexity index is 826. The molecule has 130 valence electrons. The molecule has 0 aliphatic carbocycles. The number of hydrogen-bond donors (Lipinski definition) is 1. The van der Waals surface area contributed by atoms with Crippen molar-refractivity contribution in [1.82, 2.24) is 5.32 Å². The number of nitrogens with zero attached hydrogens (tertiary/aromatic N) is 1. The van der Waals surface area contributed by atoms with E-state index in [-0.39, 0.29) is 17.1 Å². The molecule has 1 amide bonds. The van der Waals surface area contributed by atoms with Crippen molar-refractivity contribution in [1.29, 1.82) is 0 Å². The van der Waals surface area contributed by atoms with Gasteiger partial charge in [0.15, 0.2) is 6.61 Å². The highest BCUT2D eigenvalue weighted by Gasteiger charge is 2.22. The van der Waals surface area contributed by atoms with Crippen LogP contribution in [0.2, 0.25) is 10.0 Å². The molecule has 9 heteroatoms. The smallest absolute Gasteiger partial charge is 0.345 e. The van der Waals surface area contributed by atoms with Crippen LogP contribution in [-0.4, -0.2) is 23.4 Å².